The molecular formula is C36H35NO2P+. The predicted octanol–water partition coefficient (Wildman–Crippen LogP) is 7.13. The standard InChI is InChI=1S/C36H35NO2P/c1-3-36(38)37(27-29-17-8-4-9-18-29)34-25-16-26-35(39-2)33(34)28-40(30-19-10-5-11-20-30,31-21-12-6-13-22-31)32-23-14-7-15-24-32/h4-26H,3,27-28H2,1-2H3/q+1. The van der Waals surface area contributed by atoms with E-state index in [0.717, 1.165) is 22.6 Å². The molecule has 5 aromatic carbocycles. The van der Waals surface area contributed by atoms with Gasteiger partial charge in [0.05, 0.1) is 24.9 Å². The topological polar surface area (TPSA) is 29.5 Å². The first-order chi connectivity index (χ1) is 19.7. The number of rotatable bonds is 10. The highest BCUT2D eigenvalue weighted by Crippen LogP contribution is 2.60. The number of benzene rings is 5. The maximum absolute atomic E-state index is 13.5. The third-order valence-electron chi connectivity index (χ3n) is 7.39. The fourth-order valence-electron chi connectivity index (χ4n) is 5.43. The lowest BCUT2D eigenvalue weighted by Crippen LogP contribution is -2.34. The Hall–Kier alpha value is -4.20. The molecule has 0 spiro atoms. The van der Waals surface area contributed by atoms with E-state index >= 15 is 0 Å². The number of amides is 1. The second-order valence-electron chi connectivity index (χ2n) is 9.75. The molecule has 0 saturated carbocycles. The smallest absolute Gasteiger partial charge is 0.227 e. The molecule has 40 heavy (non-hydrogen) atoms. The lowest BCUT2D eigenvalue weighted by Gasteiger charge is -2.31. The molecule has 0 unspecified atom stereocenters. The van der Waals surface area contributed by atoms with E-state index in [4.69, 9.17) is 4.74 Å². The van der Waals surface area contributed by atoms with Crippen LogP contribution in [-0.4, -0.2) is 13.0 Å². The maximum atomic E-state index is 13.5. The Balaban J connectivity index is 1.77. The van der Waals surface area contributed by atoms with Crippen molar-refractivity contribution >= 4 is 34.8 Å². The summed E-state index contributed by atoms with van der Waals surface area (Å²) in [4.78, 5) is 15.5. The van der Waals surface area contributed by atoms with Crippen molar-refractivity contribution < 1.29 is 9.53 Å². The van der Waals surface area contributed by atoms with Crippen LogP contribution in [0.1, 0.15) is 24.5 Å². The molecule has 0 aliphatic carbocycles. The number of nitrogens with zero attached hydrogens (tertiary/aromatic N) is 1. The second kappa shape index (κ2) is 12.8. The van der Waals surface area contributed by atoms with Gasteiger partial charge < -0.3 is 9.64 Å². The molecule has 0 bridgehead atoms. The molecule has 0 atom stereocenters. The van der Waals surface area contributed by atoms with Crippen molar-refractivity contribution in [3.8, 4) is 5.75 Å². The summed E-state index contributed by atoms with van der Waals surface area (Å²) >= 11 is 0. The van der Waals surface area contributed by atoms with Crippen LogP contribution >= 0.6 is 7.26 Å². The molecule has 4 heteroatoms. The Bertz CT molecular complexity index is 1430. The number of ether oxygens (including phenoxy) is 1. The maximum Gasteiger partial charge on any atom is 0.227 e. The number of anilines is 1. The first kappa shape index (κ1) is 27.4. The number of hydrogen-bond acceptors (Lipinski definition) is 2. The van der Waals surface area contributed by atoms with Crippen LogP contribution in [0.3, 0.4) is 0 Å². The molecule has 5 aromatic rings. The highest BCUT2D eigenvalue weighted by Gasteiger charge is 2.47. The summed E-state index contributed by atoms with van der Waals surface area (Å²) in [6.07, 6.45) is 1.13. The number of hydrogen-bond donors (Lipinski definition) is 0. The molecule has 0 N–H and O–H groups in total. The van der Waals surface area contributed by atoms with Gasteiger partial charge in [-0.15, -0.1) is 0 Å². The highest BCUT2D eigenvalue weighted by atomic mass is 31.2. The van der Waals surface area contributed by atoms with Crippen LogP contribution in [0.2, 0.25) is 0 Å². The Morgan fingerprint density at radius 2 is 1.12 bits per heavy atom. The molecule has 1 amide bonds. The van der Waals surface area contributed by atoms with Gasteiger partial charge in [-0.3, -0.25) is 4.79 Å². The van der Waals surface area contributed by atoms with Crippen molar-refractivity contribution in [1.82, 2.24) is 0 Å². The minimum absolute atomic E-state index is 0.0847. The number of methoxy groups -OCH3 is 1. The Labute approximate surface area is 238 Å². The zero-order valence-corrected chi connectivity index (χ0v) is 24.0. The number of carbonyl (C=O) groups is 1. The fraction of sp³-hybridized carbons (Fsp3) is 0.139. The van der Waals surface area contributed by atoms with Gasteiger partial charge in [0.25, 0.3) is 0 Å². The Morgan fingerprint density at radius 1 is 0.650 bits per heavy atom. The zero-order chi connectivity index (χ0) is 27.8. The first-order valence-electron chi connectivity index (χ1n) is 13.7. The van der Waals surface area contributed by atoms with Crippen LogP contribution in [0.5, 0.6) is 5.75 Å². The molecule has 0 fully saturated rings. The van der Waals surface area contributed by atoms with E-state index < -0.39 is 7.26 Å². The van der Waals surface area contributed by atoms with Crippen LogP contribution < -0.4 is 25.6 Å². The largest absolute Gasteiger partial charge is 0.496 e. The van der Waals surface area contributed by atoms with E-state index in [-0.39, 0.29) is 5.91 Å². The van der Waals surface area contributed by atoms with E-state index in [0.29, 0.717) is 19.1 Å². The Morgan fingerprint density at radius 3 is 1.57 bits per heavy atom. The van der Waals surface area contributed by atoms with Gasteiger partial charge in [-0.2, -0.15) is 0 Å². The quantitative estimate of drug-likeness (QED) is 0.175. The molecule has 0 heterocycles. The summed E-state index contributed by atoms with van der Waals surface area (Å²) in [5.74, 6) is 0.882. The molecule has 0 saturated heterocycles. The predicted molar refractivity (Wildman–Crippen MR) is 170 cm³/mol. The molecule has 0 radical (unpaired) electrons. The van der Waals surface area contributed by atoms with Gasteiger partial charge in [0.2, 0.25) is 5.91 Å². The average molecular weight is 545 g/mol. The van der Waals surface area contributed by atoms with Gasteiger partial charge in [-0.25, -0.2) is 0 Å². The monoisotopic (exact) mass is 544 g/mol. The van der Waals surface area contributed by atoms with E-state index in [1.807, 2.05) is 42.2 Å². The third-order valence-corrected chi connectivity index (χ3v) is 11.7. The Kier molecular flexibility index (Phi) is 8.74. The fourth-order valence-corrected chi connectivity index (χ4v) is 9.70. The summed E-state index contributed by atoms with van der Waals surface area (Å²) in [7, 11) is -0.499. The van der Waals surface area contributed by atoms with E-state index in [1.165, 1.54) is 15.9 Å². The average Bonchev–Trinajstić information content (AvgIpc) is 3.04. The highest BCUT2D eigenvalue weighted by molar-refractivity contribution is 7.95. The molecular weight excluding hydrogens is 509 g/mol. The van der Waals surface area contributed by atoms with Crippen molar-refractivity contribution in [2.75, 3.05) is 12.0 Å². The third kappa shape index (κ3) is 5.57. The summed E-state index contributed by atoms with van der Waals surface area (Å²) in [6, 6.07) is 48.8. The SMILES string of the molecule is CCC(=O)N(Cc1ccccc1)c1cccc(OC)c1C[P+](c1ccccc1)(c1ccccc1)c1ccccc1. The summed E-state index contributed by atoms with van der Waals surface area (Å²) < 4.78 is 6.03. The van der Waals surface area contributed by atoms with Crippen molar-refractivity contribution in [1.29, 1.82) is 0 Å². The molecule has 5 rings (SSSR count). The van der Waals surface area contributed by atoms with E-state index in [9.17, 15) is 4.79 Å². The van der Waals surface area contributed by atoms with E-state index in [1.54, 1.807) is 7.11 Å². The molecule has 3 nitrogen and oxygen atoms in total. The molecule has 0 aromatic heterocycles. The summed E-state index contributed by atoms with van der Waals surface area (Å²) in [5.41, 5.74) is 3.04. The van der Waals surface area contributed by atoms with Gasteiger partial charge in [0, 0.05) is 6.42 Å². The van der Waals surface area contributed by atoms with Crippen LogP contribution in [0.25, 0.3) is 0 Å². The lowest BCUT2D eigenvalue weighted by molar-refractivity contribution is -0.118. The van der Waals surface area contributed by atoms with E-state index in [2.05, 4.69) is 109 Å². The van der Waals surface area contributed by atoms with Crippen molar-refractivity contribution in [2.24, 2.45) is 0 Å². The van der Waals surface area contributed by atoms with Gasteiger partial charge in [0.15, 0.2) is 0 Å². The van der Waals surface area contributed by atoms with Crippen molar-refractivity contribution in [3.63, 3.8) is 0 Å². The van der Waals surface area contributed by atoms with Gasteiger partial charge >= 0.3 is 0 Å². The second-order valence-corrected chi connectivity index (χ2v) is 13.2. The van der Waals surface area contributed by atoms with Crippen LogP contribution in [0.4, 0.5) is 5.69 Å². The first-order valence-corrected chi connectivity index (χ1v) is 15.7. The minimum atomic E-state index is -2.22. The molecule has 0 aliphatic rings. The normalized spacial score (nSPS) is 11.2. The van der Waals surface area contributed by atoms with Crippen molar-refractivity contribution in [3.05, 3.63) is 151 Å². The summed E-state index contributed by atoms with van der Waals surface area (Å²) in [6.45, 7) is 2.43. The van der Waals surface area contributed by atoms with Crippen LogP contribution in [0.15, 0.2) is 140 Å². The number of carbonyl (C=O) groups excluding carboxylic acids is 1. The summed E-state index contributed by atoms with van der Waals surface area (Å²) in [5, 5.41) is 3.88. The molecule has 200 valence electrons. The lowest BCUT2D eigenvalue weighted by atomic mass is 10.1. The van der Waals surface area contributed by atoms with Crippen molar-refractivity contribution in [2.45, 2.75) is 26.1 Å². The zero-order valence-electron chi connectivity index (χ0n) is 23.1. The van der Waals surface area contributed by atoms with Crippen LogP contribution in [-0.2, 0) is 17.5 Å². The van der Waals surface area contributed by atoms with Crippen LogP contribution in [0, 0.1) is 0 Å². The minimum Gasteiger partial charge on any atom is -0.496 e. The van der Waals surface area contributed by atoms with Gasteiger partial charge in [0.1, 0.15) is 35.1 Å². The van der Waals surface area contributed by atoms with Gasteiger partial charge in [-0.05, 0) is 54.1 Å². The molecule has 0 aliphatic heterocycles. The van der Waals surface area contributed by atoms with Gasteiger partial charge in [-0.1, -0.05) is 97.9 Å².